The average Bonchev–Trinajstić information content (AvgIpc) is 2.39. The molecule has 0 heterocycles. The van der Waals surface area contributed by atoms with E-state index >= 15 is 0 Å². The van der Waals surface area contributed by atoms with Gasteiger partial charge in [0, 0.05) is 0 Å². The molecule has 0 fully saturated rings. The standard InChI is InChI=1S/C18H20/c1-5-15-10-9-14(4)11-18(15)17-8-6-7-16(12-17)13(2)3/h5-13H,1H2,2-4H3. The number of benzene rings is 2. The summed E-state index contributed by atoms with van der Waals surface area (Å²) >= 11 is 0. The molecule has 2 aromatic rings. The summed E-state index contributed by atoms with van der Waals surface area (Å²) in [6.45, 7) is 10.5. The molecule has 0 radical (unpaired) electrons. The highest BCUT2D eigenvalue weighted by Gasteiger charge is 2.05. The Morgan fingerprint density at radius 2 is 1.83 bits per heavy atom. The van der Waals surface area contributed by atoms with Crippen LogP contribution in [0.4, 0.5) is 0 Å². The normalized spacial score (nSPS) is 10.7. The fourth-order valence-corrected chi connectivity index (χ4v) is 2.16. The van der Waals surface area contributed by atoms with E-state index < -0.39 is 0 Å². The lowest BCUT2D eigenvalue weighted by atomic mass is 9.94. The number of rotatable bonds is 3. The molecule has 0 aliphatic heterocycles. The van der Waals surface area contributed by atoms with Crippen molar-refractivity contribution in [3.05, 3.63) is 65.7 Å². The van der Waals surface area contributed by atoms with Gasteiger partial charge in [-0.1, -0.05) is 74.5 Å². The number of hydrogen-bond acceptors (Lipinski definition) is 0. The molecule has 0 aliphatic rings. The summed E-state index contributed by atoms with van der Waals surface area (Å²) in [5.74, 6) is 0.557. The molecule has 0 amide bonds. The van der Waals surface area contributed by atoms with E-state index in [9.17, 15) is 0 Å². The van der Waals surface area contributed by atoms with Crippen molar-refractivity contribution in [2.45, 2.75) is 26.7 Å². The molecule has 0 bridgehead atoms. The average molecular weight is 236 g/mol. The third kappa shape index (κ3) is 2.53. The summed E-state index contributed by atoms with van der Waals surface area (Å²) in [6.07, 6.45) is 1.93. The van der Waals surface area contributed by atoms with Crippen molar-refractivity contribution in [3.63, 3.8) is 0 Å². The molecule has 0 aromatic heterocycles. The lowest BCUT2D eigenvalue weighted by Gasteiger charge is -2.11. The highest BCUT2D eigenvalue weighted by molar-refractivity contribution is 5.75. The van der Waals surface area contributed by atoms with Crippen molar-refractivity contribution >= 4 is 6.08 Å². The van der Waals surface area contributed by atoms with Crippen molar-refractivity contribution < 1.29 is 0 Å². The first-order valence-corrected chi connectivity index (χ1v) is 6.45. The van der Waals surface area contributed by atoms with Crippen LogP contribution in [-0.4, -0.2) is 0 Å². The highest BCUT2D eigenvalue weighted by Crippen LogP contribution is 2.28. The van der Waals surface area contributed by atoms with Gasteiger partial charge in [0.1, 0.15) is 0 Å². The second-order valence-corrected chi connectivity index (χ2v) is 5.07. The van der Waals surface area contributed by atoms with E-state index in [1.807, 2.05) is 6.08 Å². The van der Waals surface area contributed by atoms with Crippen LogP contribution in [0.2, 0.25) is 0 Å². The van der Waals surface area contributed by atoms with Crippen molar-refractivity contribution in [1.29, 1.82) is 0 Å². The van der Waals surface area contributed by atoms with Gasteiger partial charge in [-0.15, -0.1) is 0 Å². The quantitative estimate of drug-likeness (QED) is 0.666. The Morgan fingerprint density at radius 3 is 2.50 bits per heavy atom. The Bertz CT molecular complexity index is 562. The zero-order chi connectivity index (χ0) is 13.1. The van der Waals surface area contributed by atoms with Crippen LogP contribution >= 0.6 is 0 Å². The Morgan fingerprint density at radius 1 is 1.06 bits per heavy atom. The molecule has 0 spiro atoms. The summed E-state index contributed by atoms with van der Waals surface area (Å²) in [4.78, 5) is 0. The van der Waals surface area contributed by atoms with Crippen LogP contribution in [0.25, 0.3) is 17.2 Å². The van der Waals surface area contributed by atoms with Crippen LogP contribution in [0.5, 0.6) is 0 Å². The molecule has 2 rings (SSSR count). The third-order valence-electron chi connectivity index (χ3n) is 3.29. The summed E-state index contributed by atoms with van der Waals surface area (Å²) in [6, 6.07) is 15.3. The van der Waals surface area contributed by atoms with E-state index in [2.05, 4.69) is 69.8 Å². The van der Waals surface area contributed by atoms with Gasteiger partial charge in [0.05, 0.1) is 0 Å². The van der Waals surface area contributed by atoms with Crippen LogP contribution in [-0.2, 0) is 0 Å². The van der Waals surface area contributed by atoms with Crippen molar-refractivity contribution in [2.24, 2.45) is 0 Å². The smallest absolute Gasteiger partial charge is 0.0109 e. The first-order valence-electron chi connectivity index (χ1n) is 6.45. The molecular formula is C18H20. The molecule has 0 aliphatic carbocycles. The largest absolute Gasteiger partial charge is 0.0984 e. The van der Waals surface area contributed by atoms with Crippen LogP contribution in [0.1, 0.15) is 36.5 Å². The summed E-state index contributed by atoms with van der Waals surface area (Å²) in [7, 11) is 0. The van der Waals surface area contributed by atoms with Crippen LogP contribution in [0.3, 0.4) is 0 Å². The highest BCUT2D eigenvalue weighted by atomic mass is 14.1. The summed E-state index contributed by atoms with van der Waals surface area (Å²) in [5, 5.41) is 0. The number of aryl methyl sites for hydroxylation is 1. The Kier molecular flexibility index (Phi) is 3.66. The van der Waals surface area contributed by atoms with Gasteiger partial charge in [-0.2, -0.15) is 0 Å². The monoisotopic (exact) mass is 236 g/mol. The third-order valence-corrected chi connectivity index (χ3v) is 3.29. The van der Waals surface area contributed by atoms with E-state index in [1.54, 1.807) is 0 Å². The first-order chi connectivity index (χ1) is 8.61. The molecule has 0 unspecified atom stereocenters. The molecular weight excluding hydrogens is 216 g/mol. The Labute approximate surface area is 110 Å². The minimum absolute atomic E-state index is 0.557. The molecule has 0 nitrogen and oxygen atoms in total. The van der Waals surface area contributed by atoms with Gasteiger partial charge in [-0.05, 0) is 35.1 Å². The first kappa shape index (κ1) is 12.6. The molecule has 0 heteroatoms. The van der Waals surface area contributed by atoms with Gasteiger partial charge in [-0.3, -0.25) is 0 Å². The second kappa shape index (κ2) is 5.22. The van der Waals surface area contributed by atoms with E-state index in [-0.39, 0.29) is 0 Å². The molecule has 2 aromatic carbocycles. The predicted molar refractivity (Wildman–Crippen MR) is 80.8 cm³/mol. The zero-order valence-electron chi connectivity index (χ0n) is 11.4. The second-order valence-electron chi connectivity index (χ2n) is 5.07. The van der Waals surface area contributed by atoms with Gasteiger partial charge in [0.2, 0.25) is 0 Å². The predicted octanol–water partition coefficient (Wildman–Crippen LogP) is 5.43. The van der Waals surface area contributed by atoms with Crippen LogP contribution in [0.15, 0.2) is 49.0 Å². The number of hydrogen-bond donors (Lipinski definition) is 0. The molecule has 18 heavy (non-hydrogen) atoms. The van der Waals surface area contributed by atoms with Crippen molar-refractivity contribution in [3.8, 4) is 11.1 Å². The fraction of sp³-hybridized carbons (Fsp3) is 0.222. The van der Waals surface area contributed by atoms with Gasteiger partial charge in [0.15, 0.2) is 0 Å². The molecule has 0 saturated carbocycles. The molecule has 92 valence electrons. The van der Waals surface area contributed by atoms with E-state index in [0.29, 0.717) is 5.92 Å². The van der Waals surface area contributed by atoms with Gasteiger partial charge in [0.25, 0.3) is 0 Å². The van der Waals surface area contributed by atoms with Gasteiger partial charge in [-0.25, -0.2) is 0 Å². The summed E-state index contributed by atoms with van der Waals surface area (Å²) < 4.78 is 0. The molecule has 0 atom stereocenters. The van der Waals surface area contributed by atoms with E-state index in [4.69, 9.17) is 0 Å². The minimum Gasteiger partial charge on any atom is -0.0984 e. The van der Waals surface area contributed by atoms with E-state index in [0.717, 1.165) is 0 Å². The zero-order valence-corrected chi connectivity index (χ0v) is 11.4. The summed E-state index contributed by atoms with van der Waals surface area (Å²) in [5.41, 5.74) is 6.41. The molecule has 0 saturated heterocycles. The van der Waals surface area contributed by atoms with Gasteiger partial charge < -0.3 is 0 Å². The topological polar surface area (TPSA) is 0 Å². The maximum absolute atomic E-state index is 3.90. The molecule has 0 N–H and O–H groups in total. The Balaban J connectivity index is 2.57. The Hall–Kier alpha value is -1.82. The minimum atomic E-state index is 0.557. The van der Waals surface area contributed by atoms with Gasteiger partial charge >= 0.3 is 0 Å². The maximum atomic E-state index is 3.90. The lowest BCUT2D eigenvalue weighted by Crippen LogP contribution is -1.90. The lowest BCUT2D eigenvalue weighted by molar-refractivity contribution is 0.867. The van der Waals surface area contributed by atoms with E-state index in [1.165, 1.54) is 27.8 Å². The SMILES string of the molecule is C=Cc1ccc(C)cc1-c1cccc(C(C)C)c1. The maximum Gasteiger partial charge on any atom is -0.0109 e. The van der Waals surface area contributed by atoms with Crippen molar-refractivity contribution in [1.82, 2.24) is 0 Å². The van der Waals surface area contributed by atoms with Crippen LogP contribution < -0.4 is 0 Å². The fourth-order valence-electron chi connectivity index (χ4n) is 2.16. The van der Waals surface area contributed by atoms with Crippen molar-refractivity contribution in [2.75, 3.05) is 0 Å². The van der Waals surface area contributed by atoms with Crippen LogP contribution in [0, 0.1) is 6.92 Å².